The lowest BCUT2D eigenvalue weighted by Gasteiger charge is -2.33. The number of methoxy groups -OCH3 is 1. The third kappa shape index (κ3) is 6.05. The molecule has 1 aliphatic rings. The number of ether oxygens (including phenoxy) is 1. The van der Waals surface area contributed by atoms with Gasteiger partial charge in [-0.05, 0) is 73.7 Å². The summed E-state index contributed by atoms with van der Waals surface area (Å²) in [5.41, 5.74) is 2.26. The maximum absolute atomic E-state index is 13.2. The van der Waals surface area contributed by atoms with Gasteiger partial charge in [0.25, 0.3) is 0 Å². The van der Waals surface area contributed by atoms with Gasteiger partial charge in [-0.25, -0.2) is 4.39 Å². The number of rotatable bonds is 8. The molecule has 2 aromatic carbocycles. The maximum Gasteiger partial charge on any atom is 0.223 e. The van der Waals surface area contributed by atoms with Gasteiger partial charge in [-0.2, -0.15) is 0 Å². The van der Waals surface area contributed by atoms with Gasteiger partial charge >= 0.3 is 0 Å². The van der Waals surface area contributed by atoms with Crippen molar-refractivity contribution in [1.82, 2.24) is 10.2 Å². The molecule has 30 heavy (non-hydrogen) atoms. The van der Waals surface area contributed by atoms with Gasteiger partial charge in [-0.15, -0.1) is 0 Å². The van der Waals surface area contributed by atoms with E-state index in [9.17, 15) is 9.18 Å². The highest BCUT2D eigenvalue weighted by Crippen LogP contribution is 2.25. The van der Waals surface area contributed by atoms with Crippen molar-refractivity contribution < 1.29 is 13.9 Å². The van der Waals surface area contributed by atoms with Crippen LogP contribution in [0, 0.1) is 17.7 Å². The quantitative estimate of drug-likeness (QED) is 0.689. The number of amides is 1. The zero-order chi connectivity index (χ0) is 21.5. The van der Waals surface area contributed by atoms with Crippen molar-refractivity contribution in [2.45, 2.75) is 39.2 Å². The fourth-order valence-electron chi connectivity index (χ4n) is 4.07. The predicted molar refractivity (Wildman–Crippen MR) is 118 cm³/mol. The number of carbonyl (C=O) groups excluding carboxylic acids is 1. The van der Waals surface area contributed by atoms with Crippen molar-refractivity contribution in [3.8, 4) is 5.75 Å². The van der Waals surface area contributed by atoms with Crippen LogP contribution in [0.25, 0.3) is 0 Å². The van der Waals surface area contributed by atoms with Crippen molar-refractivity contribution in [2.24, 2.45) is 11.8 Å². The topological polar surface area (TPSA) is 41.6 Å². The Hall–Kier alpha value is -2.40. The molecule has 1 fully saturated rings. The summed E-state index contributed by atoms with van der Waals surface area (Å²) >= 11 is 0. The summed E-state index contributed by atoms with van der Waals surface area (Å²) < 4.78 is 18.5. The zero-order valence-corrected chi connectivity index (χ0v) is 18.2. The van der Waals surface area contributed by atoms with Gasteiger partial charge in [0.1, 0.15) is 11.6 Å². The fraction of sp³-hybridized carbons (Fsp3) is 0.480. The molecular formula is C25H33FN2O2. The number of benzene rings is 2. The van der Waals surface area contributed by atoms with Crippen molar-refractivity contribution >= 4 is 5.91 Å². The second-order valence-electron chi connectivity index (χ2n) is 8.50. The van der Waals surface area contributed by atoms with Gasteiger partial charge in [0, 0.05) is 12.5 Å². The van der Waals surface area contributed by atoms with E-state index in [1.807, 2.05) is 12.1 Å². The Labute approximate surface area is 179 Å². The van der Waals surface area contributed by atoms with Crippen LogP contribution in [0.3, 0.4) is 0 Å². The molecule has 1 heterocycles. The van der Waals surface area contributed by atoms with Crippen LogP contribution in [0.4, 0.5) is 4.39 Å². The van der Waals surface area contributed by atoms with Gasteiger partial charge in [-0.1, -0.05) is 38.1 Å². The molecule has 0 saturated carbocycles. The summed E-state index contributed by atoms with van der Waals surface area (Å²) in [6.07, 6.45) is 2.76. The number of hydrogen-bond acceptors (Lipinski definition) is 3. The zero-order valence-electron chi connectivity index (χ0n) is 18.2. The van der Waals surface area contributed by atoms with Crippen LogP contribution in [0.2, 0.25) is 0 Å². The number of nitrogens with zero attached hydrogens (tertiary/aromatic N) is 1. The fourth-order valence-corrected chi connectivity index (χ4v) is 4.07. The van der Waals surface area contributed by atoms with Gasteiger partial charge in [0.05, 0.1) is 13.2 Å². The molecule has 0 radical (unpaired) electrons. The minimum absolute atomic E-state index is 0.0453. The van der Waals surface area contributed by atoms with E-state index in [4.69, 9.17) is 4.74 Å². The van der Waals surface area contributed by atoms with E-state index in [-0.39, 0.29) is 29.6 Å². The van der Waals surface area contributed by atoms with Crippen LogP contribution in [0.5, 0.6) is 5.75 Å². The average molecular weight is 413 g/mol. The van der Waals surface area contributed by atoms with Crippen molar-refractivity contribution in [3.05, 3.63) is 65.5 Å². The molecule has 4 nitrogen and oxygen atoms in total. The molecular weight excluding hydrogens is 379 g/mol. The number of hydrogen-bond donors (Lipinski definition) is 1. The number of nitrogens with one attached hydrogen (secondary N) is 1. The third-order valence-corrected chi connectivity index (χ3v) is 6.03. The first kappa shape index (κ1) is 22.3. The lowest BCUT2D eigenvalue weighted by Crippen LogP contribution is -2.42. The molecule has 1 amide bonds. The highest BCUT2D eigenvalue weighted by molar-refractivity contribution is 5.79. The Morgan fingerprint density at radius 1 is 1.10 bits per heavy atom. The second kappa shape index (κ2) is 10.6. The molecule has 1 aliphatic heterocycles. The van der Waals surface area contributed by atoms with Crippen LogP contribution in [0.15, 0.2) is 48.5 Å². The van der Waals surface area contributed by atoms with Gasteiger partial charge in [0.15, 0.2) is 0 Å². The van der Waals surface area contributed by atoms with Crippen molar-refractivity contribution in [1.29, 1.82) is 0 Å². The Morgan fingerprint density at radius 2 is 1.73 bits per heavy atom. The Balaban J connectivity index is 1.47. The Kier molecular flexibility index (Phi) is 7.86. The third-order valence-electron chi connectivity index (χ3n) is 6.03. The average Bonchev–Trinajstić information content (AvgIpc) is 2.77. The van der Waals surface area contributed by atoms with Crippen LogP contribution < -0.4 is 10.1 Å². The standard InChI is InChI=1S/C25H33FN2O2/c1-18(2)24(20-6-8-22(26)9-7-20)27-25(29)21-13-16-28(17-14-21)15-12-19-4-10-23(30-3)11-5-19/h4-11,18,21,24H,12-17H2,1-3H3,(H,27,29)/t24-/m1/s1. The number of likely N-dealkylation sites (tertiary alicyclic amines) is 1. The second-order valence-corrected chi connectivity index (χ2v) is 8.50. The lowest BCUT2D eigenvalue weighted by molar-refractivity contribution is -0.127. The molecule has 1 atom stereocenters. The largest absolute Gasteiger partial charge is 0.497 e. The minimum Gasteiger partial charge on any atom is -0.497 e. The Morgan fingerprint density at radius 3 is 2.30 bits per heavy atom. The number of piperidine rings is 1. The van der Waals surface area contributed by atoms with E-state index in [0.29, 0.717) is 0 Å². The number of halogens is 1. The summed E-state index contributed by atoms with van der Waals surface area (Å²) in [4.78, 5) is 15.3. The summed E-state index contributed by atoms with van der Waals surface area (Å²) in [6.45, 7) is 7.05. The molecule has 3 rings (SSSR count). The van der Waals surface area contributed by atoms with Gasteiger partial charge in [-0.3, -0.25) is 4.79 Å². The molecule has 0 aromatic heterocycles. The van der Waals surface area contributed by atoms with Crippen molar-refractivity contribution in [3.63, 3.8) is 0 Å². The normalized spacial score (nSPS) is 16.4. The van der Waals surface area contributed by atoms with E-state index in [0.717, 1.165) is 50.2 Å². The van der Waals surface area contributed by atoms with E-state index >= 15 is 0 Å². The van der Waals surface area contributed by atoms with E-state index in [1.54, 1.807) is 19.2 Å². The van der Waals surface area contributed by atoms with E-state index < -0.39 is 0 Å². The predicted octanol–water partition coefficient (Wildman–Crippen LogP) is 4.60. The smallest absolute Gasteiger partial charge is 0.223 e. The van der Waals surface area contributed by atoms with E-state index in [1.165, 1.54) is 17.7 Å². The molecule has 0 bridgehead atoms. The molecule has 2 aromatic rings. The van der Waals surface area contributed by atoms with Crippen LogP contribution in [0.1, 0.15) is 43.9 Å². The minimum atomic E-state index is -0.255. The summed E-state index contributed by atoms with van der Waals surface area (Å²) in [5, 5.41) is 3.21. The number of carbonyl (C=O) groups is 1. The first-order valence-corrected chi connectivity index (χ1v) is 10.9. The van der Waals surface area contributed by atoms with Gasteiger partial charge in [0.2, 0.25) is 5.91 Å². The monoisotopic (exact) mass is 412 g/mol. The molecule has 1 saturated heterocycles. The molecule has 1 N–H and O–H groups in total. The van der Waals surface area contributed by atoms with Crippen molar-refractivity contribution in [2.75, 3.05) is 26.7 Å². The van der Waals surface area contributed by atoms with Gasteiger partial charge < -0.3 is 15.0 Å². The van der Waals surface area contributed by atoms with Crippen LogP contribution in [-0.2, 0) is 11.2 Å². The summed E-state index contributed by atoms with van der Waals surface area (Å²) in [7, 11) is 1.68. The highest BCUT2D eigenvalue weighted by atomic mass is 19.1. The highest BCUT2D eigenvalue weighted by Gasteiger charge is 2.27. The first-order valence-electron chi connectivity index (χ1n) is 10.9. The maximum atomic E-state index is 13.2. The summed E-state index contributed by atoms with van der Waals surface area (Å²) in [6, 6.07) is 14.6. The molecule has 0 aliphatic carbocycles. The lowest BCUT2D eigenvalue weighted by atomic mass is 9.92. The van der Waals surface area contributed by atoms with E-state index in [2.05, 4.69) is 36.2 Å². The molecule has 5 heteroatoms. The molecule has 0 unspecified atom stereocenters. The first-order chi connectivity index (χ1) is 14.5. The Bertz CT molecular complexity index is 797. The summed E-state index contributed by atoms with van der Waals surface area (Å²) in [5.74, 6) is 1.03. The van der Waals surface area contributed by atoms with Crippen LogP contribution in [-0.4, -0.2) is 37.6 Å². The molecule has 162 valence electrons. The van der Waals surface area contributed by atoms with Crippen LogP contribution >= 0.6 is 0 Å². The SMILES string of the molecule is COc1ccc(CCN2CCC(C(=O)N[C@@H](c3ccc(F)cc3)C(C)C)CC2)cc1. The molecule has 0 spiro atoms.